The molecule has 0 amide bonds. The maximum absolute atomic E-state index is 6.27. The van der Waals surface area contributed by atoms with Crippen molar-refractivity contribution in [3.8, 4) is 56.4 Å². The van der Waals surface area contributed by atoms with Gasteiger partial charge in [-0.1, -0.05) is 176 Å². The van der Waals surface area contributed by atoms with Gasteiger partial charge in [0.2, 0.25) is 0 Å². The van der Waals surface area contributed by atoms with E-state index in [9.17, 15) is 0 Å². The molecule has 0 saturated carbocycles. The molecule has 0 unspecified atom stereocenters. The van der Waals surface area contributed by atoms with E-state index in [1.807, 2.05) is 60.7 Å². The molecule has 54 heavy (non-hydrogen) atoms. The number of hydrogen-bond acceptors (Lipinski definition) is 4. The lowest BCUT2D eigenvalue weighted by Crippen LogP contribution is -2.01. The van der Waals surface area contributed by atoms with Gasteiger partial charge in [0, 0.05) is 27.5 Å². The molecule has 0 bridgehead atoms. The molecule has 0 atom stereocenters. The number of para-hydroxylation sites is 1. The average molecular weight is 694 g/mol. The Kier molecular flexibility index (Phi) is 8.76. The van der Waals surface area contributed by atoms with Gasteiger partial charge < -0.3 is 4.42 Å². The van der Waals surface area contributed by atoms with E-state index in [0.29, 0.717) is 17.5 Å². The molecule has 0 fully saturated rings. The van der Waals surface area contributed by atoms with Crippen LogP contribution in [-0.4, -0.2) is 15.0 Å². The lowest BCUT2D eigenvalue weighted by atomic mass is 9.92. The van der Waals surface area contributed by atoms with E-state index in [1.165, 1.54) is 5.56 Å². The van der Waals surface area contributed by atoms with Crippen LogP contribution in [0.15, 0.2) is 187 Å². The predicted octanol–water partition coefficient (Wildman–Crippen LogP) is 13.0. The molecule has 9 rings (SSSR count). The largest absolute Gasteiger partial charge is 0.456 e. The zero-order valence-corrected chi connectivity index (χ0v) is 29.6. The lowest BCUT2D eigenvalue weighted by Gasteiger charge is -2.14. The molecule has 256 valence electrons. The van der Waals surface area contributed by atoms with Crippen molar-refractivity contribution in [3.63, 3.8) is 0 Å². The number of allylic oxidation sites excluding steroid dienone is 1. The second kappa shape index (κ2) is 14.5. The van der Waals surface area contributed by atoms with Crippen LogP contribution in [0.25, 0.3) is 90.5 Å². The lowest BCUT2D eigenvalue weighted by molar-refractivity contribution is 0.669. The molecule has 0 saturated heterocycles. The van der Waals surface area contributed by atoms with Crippen molar-refractivity contribution in [2.75, 3.05) is 0 Å². The highest BCUT2D eigenvalue weighted by Gasteiger charge is 2.19. The van der Waals surface area contributed by atoms with E-state index in [0.717, 1.165) is 78.4 Å². The highest BCUT2D eigenvalue weighted by molar-refractivity contribution is 6.11. The van der Waals surface area contributed by atoms with Crippen molar-refractivity contribution < 1.29 is 4.42 Å². The van der Waals surface area contributed by atoms with Gasteiger partial charge in [-0.2, -0.15) is 0 Å². The van der Waals surface area contributed by atoms with E-state index < -0.39 is 0 Å². The monoisotopic (exact) mass is 693 g/mol. The van der Waals surface area contributed by atoms with Crippen molar-refractivity contribution in [2.24, 2.45) is 0 Å². The van der Waals surface area contributed by atoms with Gasteiger partial charge in [0.15, 0.2) is 17.5 Å². The minimum Gasteiger partial charge on any atom is -0.456 e. The van der Waals surface area contributed by atoms with Gasteiger partial charge in [-0.25, -0.2) is 15.0 Å². The molecule has 7 aromatic carbocycles. The molecule has 0 radical (unpaired) electrons. The average Bonchev–Trinajstić information content (AvgIpc) is 3.63. The zero-order valence-electron chi connectivity index (χ0n) is 29.6. The van der Waals surface area contributed by atoms with Crippen LogP contribution in [0.1, 0.15) is 16.7 Å². The predicted molar refractivity (Wildman–Crippen MR) is 224 cm³/mol. The Morgan fingerprint density at radius 2 is 1.07 bits per heavy atom. The van der Waals surface area contributed by atoms with E-state index in [1.54, 1.807) is 0 Å². The maximum atomic E-state index is 6.27. The fourth-order valence-electron chi connectivity index (χ4n) is 7.09. The normalized spacial score (nSPS) is 11.4. The third kappa shape index (κ3) is 6.42. The Balaban J connectivity index is 1.17. The molecule has 2 aromatic heterocycles. The summed E-state index contributed by atoms with van der Waals surface area (Å²) in [4.78, 5) is 15.5. The third-order valence-electron chi connectivity index (χ3n) is 9.81. The summed E-state index contributed by atoms with van der Waals surface area (Å²) >= 11 is 0. The minimum atomic E-state index is 0.591. The highest BCUT2D eigenvalue weighted by Crippen LogP contribution is 2.38. The summed E-state index contributed by atoms with van der Waals surface area (Å²) < 4.78 is 6.27. The summed E-state index contributed by atoms with van der Waals surface area (Å²) in [6, 6.07) is 58.4. The van der Waals surface area contributed by atoms with Crippen LogP contribution in [0.4, 0.5) is 0 Å². The molecular formula is C50H35N3O. The molecule has 0 aliphatic heterocycles. The SMILES string of the molecule is C=Cc1ccccc1/C=C\Cc1ccc(-c2nc(-c3ccc(-c4ccccc4)c(-c4ccccc4)c3)nc(-c3cccc4oc5ccccc5c34)n2)cc1. The molecule has 0 aliphatic carbocycles. The first-order valence-corrected chi connectivity index (χ1v) is 18.1. The van der Waals surface area contributed by atoms with E-state index in [-0.39, 0.29) is 0 Å². The first kappa shape index (κ1) is 32.7. The fraction of sp³-hybridized carbons (Fsp3) is 0.0200. The Bertz CT molecular complexity index is 2800. The standard InChI is InChI=1S/C50H35N3O/c1-2-35-16-9-10-17-36(35)22-13-15-34-27-29-39(30-28-34)48-51-49(53-50(52-48)43-24-14-26-46-47(43)42-23-11-12-25-45(42)54-46)40-31-32-41(37-18-5-3-6-19-37)44(33-40)38-20-7-4-8-21-38/h2-14,16-33H,1,15H2/b22-13-. The third-order valence-corrected chi connectivity index (χ3v) is 9.81. The minimum absolute atomic E-state index is 0.591. The zero-order chi connectivity index (χ0) is 36.3. The Labute approximate surface area is 314 Å². The van der Waals surface area contributed by atoms with Gasteiger partial charge in [-0.05, 0) is 63.6 Å². The number of rotatable bonds is 9. The Hall–Kier alpha value is -7.17. The van der Waals surface area contributed by atoms with Gasteiger partial charge in [0.05, 0.1) is 0 Å². The molecule has 9 aromatic rings. The number of hydrogen-bond donors (Lipinski definition) is 0. The molecule has 0 spiro atoms. The van der Waals surface area contributed by atoms with Crippen LogP contribution in [0.3, 0.4) is 0 Å². The van der Waals surface area contributed by atoms with E-state index in [4.69, 9.17) is 19.4 Å². The quantitative estimate of drug-likeness (QED) is 0.151. The smallest absolute Gasteiger partial charge is 0.164 e. The van der Waals surface area contributed by atoms with Crippen molar-refractivity contribution in [1.29, 1.82) is 0 Å². The van der Waals surface area contributed by atoms with Gasteiger partial charge in [-0.3, -0.25) is 0 Å². The van der Waals surface area contributed by atoms with Crippen LogP contribution in [0.5, 0.6) is 0 Å². The molecule has 2 heterocycles. The first-order valence-electron chi connectivity index (χ1n) is 18.1. The number of benzene rings is 7. The van der Waals surface area contributed by atoms with Crippen molar-refractivity contribution in [2.45, 2.75) is 6.42 Å². The van der Waals surface area contributed by atoms with Crippen molar-refractivity contribution >= 4 is 34.1 Å². The maximum Gasteiger partial charge on any atom is 0.164 e. The van der Waals surface area contributed by atoms with Crippen molar-refractivity contribution in [3.05, 3.63) is 199 Å². The summed E-state index contributed by atoms with van der Waals surface area (Å²) in [7, 11) is 0. The van der Waals surface area contributed by atoms with Crippen LogP contribution in [0.2, 0.25) is 0 Å². The van der Waals surface area contributed by atoms with Crippen LogP contribution < -0.4 is 0 Å². The summed E-state index contributed by atoms with van der Waals surface area (Å²) in [5, 5.41) is 2.01. The molecule has 4 heteroatoms. The summed E-state index contributed by atoms with van der Waals surface area (Å²) in [5.74, 6) is 1.80. The molecule has 4 nitrogen and oxygen atoms in total. The van der Waals surface area contributed by atoms with Crippen LogP contribution in [0, 0.1) is 0 Å². The number of nitrogens with zero attached hydrogens (tertiary/aromatic N) is 3. The topological polar surface area (TPSA) is 51.8 Å². The molecule has 0 N–H and O–H groups in total. The van der Waals surface area contributed by atoms with Gasteiger partial charge >= 0.3 is 0 Å². The van der Waals surface area contributed by atoms with Crippen molar-refractivity contribution in [1.82, 2.24) is 15.0 Å². The first-order chi connectivity index (χ1) is 26.7. The Morgan fingerprint density at radius 1 is 0.463 bits per heavy atom. The summed E-state index contributed by atoms with van der Waals surface area (Å²) in [5.41, 5.74) is 12.3. The van der Waals surface area contributed by atoms with Crippen LogP contribution in [-0.2, 0) is 6.42 Å². The fourth-order valence-corrected chi connectivity index (χ4v) is 7.09. The van der Waals surface area contributed by atoms with Gasteiger partial charge in [0.25, 0.3) is 0 Å². The molecule has 0 aliphatic rings. The number of furan rings is 1. The highest BCUT2D eigenvalue weighted by atomic mass is 16.3. The second-order valence-electron chi connectivity index (χ2n) is 13.2. The Morgan fingerprint density at radius 3 is 1.83 bits per heavy atom. The van der Waals surface area contributed by atoms with Crippen LogP contribution >= 0.6 is 0 Å². The second-order valence-corrected chi connectivity index (χ2v) is 13.2. The number of aromatic nitrogens is 3. The number of fused-ring (bicyclic) bond motifs is 3. The van der Waals surface area contributed by atoms with Gasteiger partial charge in [0.1, 0.15) is 11.2 Å². The molecular weight excluding hydrogens is 659 g/mol. The van der Waals surface area contributed by atoms with Gasteiger partial charge in [-0.15, -0.1) is 0 Å². The van der Waals surface area contributed by atoms with E-state index in [2.05, 4.69) is 134 Å². The summed E-state index contributed by atoms with van der Waals surface area (Å²) in [6.07, 6.45) is 7.03. The van der Waals surface area contributed by atoms with E-state index >= 15 is 0 Å². The summed E-state index contributed by atoms with van der Waals surface area (Å²) in [6.45, 7) is 3.95.